The van der Waals surface area contributed by atoms with Crippen LogP contribution in [0.2, 0.25) is 0 Å². The normalized spacial score (nSPS) is 18.3. The van der Waals surface area contributed by atoms with Crippen LogP contribution in [0.15, 0.2) is 22.7 Å². The van der Waals surface area contributed by atoms with Gasteiger partial charge in [-0.05, 0) is 40.4 Å². The number of benzene rings is 1. The third-order valence-electron chi connectivity index (χ3n) is 3.46. The van der Waals surface area contributed by atoms with Crippen molar-refractivity contribution in [3.8, 4) is 5.75 Å². The van der Waals surface area contributed by atoms with Gasteiger partial charge >= 0.3 is 0 Å². The summed E-state index contributed by atoms with van der Waals surface area (Å²) in [5, 5.41) is 0. The van der Waals surface area contributed by atoms with Gasteiger partial charge in [0, 0.05) is 12.0 Å². The Labute approximate surface area is 98.9 Å². The molecule has 3 heteroatoms. The van der Waals surface area contributed by atoms with Gasteiger partial charge in [0.15, 0.2) is 0 Å². The summed E-state index contributed by atoms with van der Waals surface area (Å²) < 4.78 is 6.37. The highest BCUT2D eigenvalue weighted by atomic mass is 79.9. The molecule has 0 radical (unpaired) electrons. The zero-order valence-corrected chi connectivity index (χ0v) is 10.5. The minimum Gasteiger partial charge on any atom is -0.496 e. The van der Waals surface area contributed by atoms with Crippen molar-refractivity contribution >= 4 is 15.9 Å². The summed E-state index contributed by atoms with van der Waals surface area (Å²) in [6.07, 6.45) is 3.66. The fourth-order valence-corrected chi connectivity index (χ4v) is 3.11. The Balaban J connectivity index is 2.43. The van der Waals surface area contributed by atoms with Crippen molar-refractivity contribution < 1.29 is 4.74 Å². The average Bonchev–Trinajstić information content (AvgIpc) is 2.20. The van der Waals surface area contributed by atoms with Crippen LogP contribution in [0.1, 0.15) is 24.8 Å². The lowest BCUT2D eigenvalue weighted by molar-refractivity contribution is 0.251. The predicted octanol–water partition coefficient (Wildman–Crippen LogP) is 2.84. The Kier molecular flexibility index (Phi) is 3.03. The molecule has 1 saturated carbocycles. The standard InChI is InChI=1S/C12H16BrNO/c1-15-10-5-2-4-9(11(10)13)12(8-14)6-3-7-12/h2,4-5H,3,6-8,14H2,1H3. The lowest BCUT2D eigenvalue weighted by Crippen LogP contribution is -2.41. The molecule has 0 spiro atoms. The molecule has 0 amide bonds. The molecular formula is C12H16BrNO. The molecule has 0 aliphatic heterocycles. The smallest absolute Gasteiger partial charge is 0.133 e. The van der Waals surface area contributed by atoms with Gasteiger partial charge in [-0.3, -0.25) is 0 Å². The molecular weight excluding hydrogens is 254 g/mol. The van der Waals surface area contributed by atoms with Crippen molar-refractivity contribution in [3.63, 3.8) is 0 Å². The molecule has 1 fully saturated rings. The van der Waals surface area contributed by atoms with Crippen LogP contribution < -0.4 is 10.5 Å². The summed E-state index contributed by atoms with van der Waals surface area (Å²) in [5.41, 5.74) is 7.39. The van der Waals surface area contributed by atoms with E-state index in [-0.39, 0.29) is 5.41 Å². The molecule has 0 aromatic heterocycles. The second kappa shape index (κ2) is 4.14. The number of nitrogens with two attached hydrogens (primary N) is 1. The molecule has 0 bridgehead atoms. The summed E-state index contributed by atoms with van der Waals surface area (Å²) in [6.45, 7) is 0.721. The first kappa shape index (κ1) is 11.0. The molecule has 1 aliphatic carbocycles. The Morgan fingerprint density at radius 2 is 2.20 bits per heavy atom. The quantitative estimate of drug-likeness (QED) is 0.916. The number of halogens is 1. The van der Waals surface area contributed by atoms with Crippen LogP contribution in [0.5, 0.6) is 5.75 Å². The molecule has 15 heavy (non-hydrogen) atoms. The number of hydrogen-bond acceptors (Lipinski definition) is 2. The zero-order valence-electron chi connectivity index (χ0n) is 8.92. The van der Waals surface area contributed by atoms with Crippen molar-refractivity contribution in [3.05, 3.63) is 28.2 Å². The minimum absolute atomic E-state index is 0.188. The number of hydrogen-bond donors (Lipinski definition) is 1. The first-order valence-corrected chi connectivity index (χ1v) is 6.06. The lowest BCUT2D eigenvalue weighted by Gasteiger charge is -2.42. The topological polar surface area (TPSA) is 35.2 Å². The number of methoxy groups -OCH3 is 1. The third kappa shape index (κ3) is 1.68. The monoisotopic (exact) mass is 269 g/mol. The Hall–Kier alpha value is -0.540. The van der Waals surface area contributed by atoms with Gasteiger partial charge in [-0.25, -0.2) is 0 Å². The van der Waals surface area contributed by atoms with E-state index < -0.39 is 0 Å². The van der Waals surface area contributed by atoms with E-state index in [2.05, 4.69) is 22.0 Å². The highest BCUT2D eigenvalue weighted by Crippen LogP contribution is 2.47. The van der Waals surface area contributed by atoms with Crippen LogP contribution in [0, 0.1) is 0 Å². The first-order chi connectivity index (χ1) is 7.23. The van der Waals surface area contributed by atoms with E-state index in [9.17, 15) is 0 Å². The molecule has 1 aromatic carbocycles. The van der Waals surface area contributed by atoms with Crippen molar-refractivity contribution in [2.24, 2.45) is 5.73 Å². The van der Waals surface area contributed by atoms with Crippen LogP contribution in [0.25, 0.3) is 0 Å². The first-order valence-electron chi connectivity index (χ1n) is 5.26. The number of rotatable bonds is 3. The van der Waals surface area contributed by atoms with Gasteiger partial charge in [-0.15, -0.1) is 0 Å². The third-order valence-corrected chi connectivity index (χ3v) is 4.27. The molecule has 82 valence electrons. The van der Waals surface area contributed by atoms with Gasteiger partial charge in [-0.1, -0.05) is 18.6 Å². The van der Waals surface area contributed by atoms with Crippen LogP contribution in [-0.2, 0) is 5.41 Å². The molecule has 1 aliphatic rings. The highest BCUT2D eigenvalue weighted by Gasteiger charge is 2.39. The molecule has 2 nitrogen and oxygen atoms in total. The zero-order chi connectivity index (χ0) is 10.9. The SMILES string of the molecule is COc1cccc(C2(CN)CCC2)c1Br. The molecule has 2 N–H and O–H groups in total. The Bertz CT molecular complexity index is 355. The van der Waals surface area contributed by atoms with Gasteiger partial charge in [-0.2, -0.15) is 0 Å². The van der Waals surface area contributed by atoms with Gasteiger partial charge in [0.2, 0.25) is 0 Å². The molecule has 0 saturated heterocycles. The van der Waals surface area contributed by atoms with Crippen molar-refractivity contribution in [1.29, 1.82) is 0 Å². The highest BCUT2D eigenvalue weighted by molar-refractivity contribution is 9.10. The fourth-order valence-electron chi connectivity index (χ4n) is 2.26. The summed E-state index contributed by atoms with van der Waals surface area (Å²) in [4.78, 5) is 0. The summed E-state index contributed by atoms with van der Waals surface area (Å²) in [5.74, 6) is 0.896. The minimum atomic E-state index is 0.188. The Morgan fingerprint density at radius 3 is 2.67 bits per heavy atom. The molecule has 1 aromatic rings. The maximum absolute atomic E-state index is 5.90. The van der Waals surface area contributed by atoms with E-state index >= 15 is 0 Å². The van der Waals surface area contributed by atoms with Crippen LogP contribution in [-0.4, -0.2) is 13.7 Å². The molecule has 2 rings (SSSR count). The number of ether oxygens (including phenoxy) is 1. The summed E-state index contributed by atoms with van der Waals surface area (Å²) in [6, 6.07) is 6.16. The van der Waals surface area contributed by atoms with Crippen molar-refractivity contribution in [2.45, 2.75) is 24.7 Å². The van der Waals surface area contributed by atoms with E-state index in [1.165, 1.54) is 24.8 Å². The van der Waals surface area contributed by atoms with Gasteiger partial charge < -0.3 is 10.5 Å². The van der Waals surface area contributed by atoms with Gasteiger partial charge in [0.25, 0.3) is 0 Å². The van der Waals surface area contributed by atoms with E-state index in [4.69, 9.17) is 10.5 Å². The maximum atomic E-state index is 5.90. The second-order valence-electron chi connectivity index (χ2n) is 4.16. The predicted molar refractivity (Wildman–Crippen MR) is 65.3 cm³/mol. The van der Waals surface area contributed by atoms with E-state index in [1.54, 1.807) is 7.11 Å². The molecule has 0 unspecified atom stereocenters. The molecule has 0 heterocycles. The van der Waals surface area contributed by atoms with Gasteiger partial charge in [0.1, 0.15) is 5.75 Å². The van der Waals surface area contributed by atoms with E-state index in [0.29, 0.717) is 0 Å². The lowest BCUT2D eigenvalue weighted by atomic mass is 9.64. The fraction of sp³-hybridized carbons (Fsp3) is 0.500. The Morgan fingerprint density at radius 1 is 1.47 bits per heavy atom. The average molecular weight is 270 g/mol. The van der Waals surface area contributed by atoms with Crippen LogP contribution in [0.4, 0.5) is 0 Å². The van der Waals surface area contributed by atoms with Crippen molar-refractivity contribution in [2.75, 3.05) is 13.7 Å². The van der Waals surface area contributed by atoms with Crippen LogP contribution >= 0.6 is 15.9 Å². The van der Waals surface area contributed by atoms with E-state index in [1.807, 2.05) is 12.1 Å². The van der Waals surface area contributed by atoms with E-state index in [0.717, 1.165) is 16.8 Å². The summed E-state index contributed by atoms with van der Waals surface area (Å²) >= 11 is 3.61. The maximum Gasteiger partial charge on any atom is 0.133 e. The summed E-state index contributed by atoms with van der Waals surface area (Å²) in [7, 11) is 1.69. The van der Waals surface area contributed by atoms with Gasteiger partial charge in [0.05, 0.1) is 11.6 Å². The van der Waals surface area contributed by atoms with Crippen LogP contribution in [0.3, 0.4) is 0 Å². The largest absolute Gasteiger partial charge is 0.496 e. The second-order valence-corrected chi connectivity index (χ2v) is 4.95. The van der Waals surface area contributed by atoms with Crippen molar-refractivity contribution in [1.82, 2.24) is 0 Å². The molecule has 0 atom stereocenters.